The number of nitrogens with zero attached hydrogens (tertiary/aromatic N) is 2. The number of methoxy groups -OCH3 is 1. The number of carbonyl (C=O) groups excluding carboxylic acids is 5. The molecule has 3 fully saturated rings. The summed E-state index contributed by atoms with van der Waals surface area (Å²) in [5, 5.41) is 9.44. The average Bonchev–Trinajstić information content (AvgIpc) is 3.09. The molecule has 0 saturated heterocycles. The minimum atomic E-state index is -0.395. The molecule has 0 bridgehead atoms. The van der Waals surface area contributed by atoms with Gasteiger partial charge in [0.15, 0.2) is 0 Å². The molecule has 0 aliphatic heterocycles. The van der Waals surface area contributed by atoms with Gasteiger partial charge in [-0.05, 0) is 87.9 Å². The third-order valence-corrected chi connectivity index (χ3v) is 11.2. The molecular weight excluding hydrogens is 662 g/mol. The fourth-order valence-electron chi connectivity index (χ4n) is 7.60. The molecule has 12 nitrogen and oxygen atoms in total. The normalized spacial score (nSPS) is 25.2. The largest absolute Gasteiger partial charge is 0.466 e. The minimum Gasteiger partial charge on any atom is -0.466 e. The number of rotatable bonds is 17. The minimum absolute atomic E-state index is 0.00500. The van der Waals surface area contributed by atoms with Crippen LogP contribution in [0, 0.1) is 23.2 Å². The number of carbonyl (C=O) groups is 5. The van der Waals surface area contributed by atoms with Crippen molar-refractivity contribution in [2.45, 2.75) is 162 Å². The van der Waals surface area contributed by atoms with Crippen LogP contribution in [0.2, 0.25) is 0 Å². The first kappa shape index (κ1) is 43.5. The van der Waals surface area contributed by atoms with Crippen molar-refractivity contribution in [3.63, 3.8) is 0 Å². The predicted molar refractivity (Wildman–Crippen MR) is 202 cm³/mol. The van der Waals surface area contributed by atoms with Crippen molar-refractivity contribution in [2.75, 3.05) is 39.9 Å². The van der Waals surface area contributed by atoms with Gasteiger partial charge in [-0.25, -0.2) is 4.79 Å². The van der Waals surface area contributed by atoms with E-state index in [1.54, 1.807) is 12.0 Å². The Hall–Kier alpha value is -2.89. The van der Waals surface area contributed by atoms with Crippen LogP contribution < -0.4 is 16.0 Å². The smallest absolute Gasteiger partial charge is 0.315 e. The average molecular weight is 734 g/mol. The first-order chi connectivity index (χ1) is 24.6. The van der Waals surface area contributed by atoms with Crippen molar-refractivity contribution in [3.05, 3.63) is 0 Å². The molecule has 0 radical (unpaired) electrons. The van der Waals surface area contributed by atoms with E-state index in [0.717, 1.165) is 64.2 Å². The van der Waals surface area contributed by atoms with E-state index in [9.17, 15) is 24.0 Å². The van der Waals surface area contributed by atoms with Crippen LogP contribution in [0.25, 0.3) is 0 Å². The molecule has 0 aromatic carbocycles. The molecule has 5 amide bonds. The van der Waals surface area contributed by atoms with Crippen LogP contribution in [-0.2, 0) is 28.7 Å². The molecule has 0 heterocycles. The highest BCUT2D eigenvalue weighted by atomic mass is 16.5. The highest BCUT2D eigenvalue weighted by molar-refractivity contribution is 5.89. The summed E-state index contributed by atoms with van der Waals surface area (Å²) >= 11 is 0. The van der Waals surface area contributed by atoms with Crippen molar-refractivity contribution >= 4 is 29.7 Å². The Morgan fingerprint density at radius 3 is 2.10 bits per heavy atom. The summed E-state index contributed by atoms with van der Waals surface area (Å²) in [6, 6.07) is 0.166. The summed E-state index contributed by atoms with van der Waals surface area (Å²) in [5.41, 5.74) is 0.0286. The second-order valence-corrected chi connectivity index (χ2v) is 17.4. The number of hydrogen-bond acceptors (Lipinski definition) is 7. The second kappa shape index (κ2) is 21.7. The predicted octanol–water partition coefficient (Wildman–Crippen LogP) is 5.57. The first-order valence-electron chi connectivity index (χ1n) is 20.2. The van der Waals surface area contributed by atoms with Gasteiger partial charge in [0.05, 0.1) is 32.2 Å². The van der Waals surface area contributed by atoms with E-state index in [0.29, 0.717) is 44.2 Å². The maximum Gasteiger partial charge on any atom is 0.315 e. The zero-order valence-electron chi connectivity index (χ0n) is 33.4. The Kier molecular flexibility index (Phi) is 18.2. The van der Waals surface area contributed by atoms with Crippen molar-refractivity contribution in [2.24, 2.45) is 23.2 Å². The van der Waals surface area contributed by atoms with Crippen LogP contribution in [0.1, 0.15) is 138 Å². The maximum absolute atomic E-state index is 13.9. The molecule has 4 unspecified atom stereocenters. The lowest BCUT2D eigenvalue weighted by Gasteiger charge is -2.34. The summed E-state index contributed by atoms with van der Waals surface area (Å²) in [6.45, 7) is 13.1. The Morgan fingerprint density at radius 1 is 0.788 bits per heavy atom. The van der Waals surface area contributed by atoms with Crippen LogP contribution in [0.4, 0.5) is 4.79 Å². The Labute approximate surface area is 313 Å². The number of amides is 5. The van der Waals surface area contributed by atoms with Crippen LogP contribution in [0.3, 0.4) is 0 Å². The van der Waals surface area contributed by atoms with Crippen LogP contribution >= 0.6 is 0 Å². The quantitative estimate of drug-likeness (QED) is 0.166. The zero-order valence-corrected chi connectivity index (χ0v) is 33.4. The third kappa shape index (κ3) is 16.0. The lowest BCUT2D eigenvalue weighted by atomic mass is 9.86. The second-order valence-electron chi connectivity index (χ2n) is 17.4. The van der Waals surface area contributed by atoms with E-state index in [4.69, 9.17) is 9.47 Å². The molecule has 0 aromatic heterocycles. The van der Waals surface area contributed by atoms with E-state index in [1.807, 2.05) is 0 Å². The topological polar surface area (TPSA) is 146 Å². The van der Waals surface area contributed by atoms with Gasteiger partial charge >= 0.3 is 12.0 Å². The van der Waals surface area contributed by atoms with Gasteiger partial charge in [0.25, 0.3) is 0 Å². The summed E-state index contributed by atoms with van der Waals surface area (Å²) in [6.07, 6.45) is 12.1. The molecule has 3 aliphatic rings. The van der Waals surface area contributed by atoms with Crippen LogP contribution in [-0.4, -0.2) is 104 Å². The maximum atomic E-state index is 13.9. The molecule has 4 atom stereocenters. The highest BCUT2D eigenvalue weighted by Gasteiger charge is 2.33. The Bertz CT molecular complexity index is 1150. The van der Waals surface area contributed by atoms with E-state index in [2.05, 4.69) is 57.5 Å². The molecule has 52 heavy (non-hydrogen) atoms. The lowest BCUT2D eigenvalue weighted by Crippen LogP contribution is -2.52. The van der Waals surface area contributed by atoms with Gasteiger partial charge in [-0.1, -0.05) is 60.8 Å². The summed E-state index contributed by atoms with van der Waals surface area (Å²) < 4.78 is 11.0. The molecule has 12 heteroatoms. The number of hydrogen-bond donors (Lipinski definition) is 3. The molecular formula is C40H71N5O7. The van der Waals surface area contributed by atoms with Gasteiger partial charge in [0.1, 0.15) is 0 Å². The van der Waals surface area contributed by atoms with Gasteiger partial charge in [-0.2, -0.15) is 0 Å². The van der Waals surface area contributed by atoms with Crippen LogP contribution in [0.15, 0.2) is 0 Å². The molecule has 0 spiro atoms. The van der Waals surface area contributed by atoms with Gasteiger partial charge in [0, 0.05) is 44.2 Å². The summed E-state index contributed by atoms with van der Waals surface area (Å²) in [7, 11) is 1.66. The van der Waals surface area contributed by atoms with Gasteiger partial charge in [0.2, 0.25) is 17.7 Å². The fourth-order valence-corrected chi connectivity index (χ4v) is 7.60. The zero-order chi connectivity index (χ0) is 38.3. The number of urea groups is 1. The van der Waals surface area contributed by atoms with E-state index < -0.39 is 5.97 Å². The van der Waals surface area contributed by atoms with Crippen molar-refractivity contribution in [3.8, 4) is 0 Å². The molecule has 3 rings (SSSR count). The summed E-state index contributed by atoms with van der Waals surface area (Å²) in [4.78, 5) is 69.5. The molecule has 3 aliphatic carbocycles. The third-order valence-electron chi connectivity index (χ3n) is 11.2. The molecule has 298 valence electrons. The summed E-state index contributed by atoms with van der Waals surface area (Å²) in [5.74, 6) is -0.570. The number of ether oxygens (including phenoxy) is 2. The van der Waals surface area contributed by atoms with Crippen molar-refractivity contribution in [1.82, 2.24) is 25.8 Å². The number of nitrogens with one attached hydrogen (secondary N) is 3. The van der Waals surface area contributed by atoms with Gasteiger partial charge in [-0.15, -0.1) is 0 Å². The number of esters is 1. The lowest BCUT2D eigenvalue weighted by molar-refractivity contribution is -0.149. The molecule has 3 saturated carbocycles. The van der Waals surface area contributed by atoms with Crippen molar-refractivity contribution < 1.29 is 33.4 Å². The van der Waals surface area contributed by atoms with E-state index in [-0.39, 0.29) is 85.4 Å². The molecule has 3 N–H and O–H groups in total. The standard InChI is InChI=1S/C40H71N5O7/c1-28(2)19-22-44(26-35(46)41-31-15-17-32(18-16-31)42-39(50)43-34-14-9-8-11-29(34)3)36(47)27-45(23-20-37(48)52-24-21-40(4,5)6)38(49)30-12-10-13-33(25-30)51-7/h28-34H,8-27H2,1-7H3,(H,41,46)(H2,42,43,50). The SMILES string of the molecule is COC1CCCC(C(=O)N(CCC(=O)OCCC(C)(C)C)CC(=O)N(CCC(C)C)CC(=O)NC2CCC(NC(=O)NC3CCCCC3C)CC2)C1. The van der Waals surface area contributed by atoms with E-state index >= 15 is 0 Å². The van der Waals surface area contributed by atoms with Crippen molar-refractivity contribution in [1.29, 1.82) is 0 Å². The van der Waals surface area contributed by atoms with E-state index in [1.165, 1.54) is 11.3 Å². The highest BCUT2D eigenvalue weighted by Crippen LogP contribution is 2.28. The molecule has 0 aromatic rings. The Morgan fingerprint density at radius 2 is 1.46 bits per heavy atom. The fraction of sp³-hybridized carbons (Fsp3) is 0.875. The first-order valence-corrected chi connectivity index (χ1v) is 20.2. The Balaban J connectivity index is 1.56. The van der Waals surface area contributed by atoms with Crippen LogP contribution in [0.5, 0.6) is 0 Å². The van der Waals surface area contributed by atoms with Gasteiger partial charge < -0.3 is 35.2 Å². The monoisotopic (exact) mass is 734 g/mol. The van der Waals surface area contributed by atoms with Gasteiger partial charge in [-0.3, -0.25) is 19.2 Å².